The number of amides is 1. The van der Waals surface area contributed by atoms with Crippen LogP contribution in [0.15, 0.2) is 48.5 Å². The van der Waals surface area contributed by atoms with Crippen molar-refractivity contribution in [2.45, 2.75) is 26.7 Å². The number of carbonyl (C=O) groups excluding carboxylic acids is 2. The van der Waals surface area contributed by atoms with Crippen molar-refractivity contribution >= 4 is 17.4 Å². The van der Waals surface area contributed by atoms with Gasteiger partial charge in [-0.25, -0.2) is 0 Å². The Bertz CT molecular complexity index is 690. The number of ether oxygens (including phenoxy) is 1. The van der Waals surface area contributed by atoms with Crippen molar-refractivity contribution in [3.05, 3.63) is 59.7 Å². The number of benzene rings is 2. The van der Waals surface area contributed by atoms with E-state index in [1.54, 1.807) is 24.3 Å². The molecule has 0 aliphatic rings. The lowest BCUT2D eigenvalue weighted by Crippen LogP contribution is -2.20. The molecule has 23 heavy (non-hydrogen) atoms. The molecule has 0 aliphatic heterocycles. The van der Waals surface area contributed by atoms with E-state index in [1.165, 1.54) is 12.5 Å². The largest absolute Gasteiger partial charge is 0.484 e. The van der Waals surface area contributed by atoms with Gasteiger partial charge in [-0.15, -0.1) is 0 Å². The molecule has 2 aromatic carbocycles. The van der Waals surface area contributed by atoms with E-state index in [0.29, 0.717) is 17.2 Å². The van der Waals surface area contributed by atoms with Gasteiger partial charge in [-0.05, 0) is 54.8 Å². The van der Waals surface area contributed by atoms with Crippen LogP contribution in [0.3, 0.4) is 0 Å². The Morgan fingerprint density at radius 3 is 2.39 bits per heavy atom. The first-order chi connectivity index (χ1) is 11.0. The van der Waals surface area contributed by atoms with Crippen molar-refractivity contribution in [2.75, 3.05) is 11.9 Å². The zero-order valence-electron chi connectivity index (χ0n) is 13.6. The number of hydrogen-bond acceptors (Lipinski definition) is 3. The molecule has 0 aliphatic carbocycles. The fraction of sp³-hybridized carbons (Fsp3) is 0.263. The smallest absolute Gasteiger partial charge is 0.262 e. The maximum absolute atomic E-state index is 12.0. The van der Waals surface area contributed by atoms with Gasteiger partial charge in [0.25, 0.3) is 5.91 Å². The summed E-state index contributed by atoms with van der Waals surface area (Å²) in [6.07, 6.45) is 0. The third-order valence-corrected chi connectivity index (χ3v) is 3.47. The van der Waals surface area contributed by atoms with Crippen molar-refractivity contribution in [3.63, 3.8) is 0 Å². The molecule has 2 rings (SSSR count). The molecule has 4 heteroatoms. The minimum Gasteiger partial charge on any atom is -0.484 e. The molecule has 1 amide bonds. The van der Waals surface area contributed by atoms with E-state index in [-0.39, 0.29) is 18.3 Å². The zero-order valence-corrected chi connectivity index (χ0v) is 13.6. The monoisotopic (exact) mass is 311 g/mol. The van der Waals surface area contributed by atoms with Crippen LogP contribution in [0.25, 0.3) is 0 Å². The fourth-order valence-electron chi connectivity index (χ4n) is 2.11. The van der Waals surface area contributed by atoms with E-state index >= 15 is 0 Å². The van der Waals surface area contributed by atoms with E-state index in [9.17, 15) is 9.59 Å². The number of Topliss-reactive ketones (excluding diaryl/α,β-unsaturated/α-hetero) is 1. The quantitative estimate of drug-likeness (QED) is 0.819. The van der Waals surface area contributed by atoms with Gasteiger partial charge in [-0.1, -0.05) is 26.0 Å². The Hall–Kier alpha value is -2.62. The molecule has 1 N–H and O–H groups in total. The Labute approximate surface area is 136 Å². The van der Waals surface area contributed by atoms with E-state index < -0.39 is 0 Å². The zero-order chi connectivity index (χ0) is 16.8. The Balaban J connectivity index is 1.90. The molecule has 0 saturated heterocycles. The first-order valence-electron chi connectivity index (χ1n) is 7.59. The molecule has 0 radical (unpaired) electrons. The highest BCUT2D eigenvalue weighted by molar-refractivity contribution is 5.94. The topological polar surface area (TPSA) is 55.4 Å². The van der Waals surface area contributed by atoms with Gasteiger partial charge in [-0.3, -0.25) is 9.59 Å². The summed E-state index contributed by atoms with van der Waals surface area (Å²) in [4.78, 5) is 23.1. The lowest BCUT2D eigenvalue weighted by Gasteiger charge is -2.10. The van der Waals surface area contributed by atoms with Crippen molar-refractivity contribution in [1.29, 1.82) is 0 Å². The van der Waals surface area contributed by atoms with E-state index in [2.05, 4.69) is 19.2 Å². The van der Waals surface area contributed by atoms with Gasteiger partial charge in [0.05, 0.1) is 0 Å². The third-order valence-electron chi connectivity index (χ3n) is 3.47. The molecule has 0 unspecified atom stereocenters. The molecule has 0 saturated carbocycles. The van der Waals surface area contributed by atoms with Gasteiger partial charge in [0.2, 0.25) is 0 Å². The van der Waals surface area contributed by atoms with Gasteiger partial charge >= 0.3 is 0 Å². The Morgan fingerprint density at radius 1 is 1.09 bits per heavy atom. The van der Waals surface area contributed by atoms with Crippen LogP contribution >= 0.6 is 0 Å². The average Bonchev–Trinajstić information content (AvgIpc) is 2.53. The summed E-state index contributed by atoms with van der Waals surface area (Å²) < 4.78 is 5.43. The minimum atomic E-state index is -0.221. The van der Waals surface area contributed by atoms with Crippen LogP contribution in [0.2, 0.25) is 0 Å². The van der Waals surface area contributed by atoms with Crippen molar-refractivity contribution in [2.24, 2.45) is 0 Å². The summed E-state index contributed by atoms with van der Waals surface area (Å²) in [5.41, 5.74) is 2.55. The number of rotatable bonds is 6. The van der Waals surface area contributed by atoms with Crippen molar-refractivity contribution < 1.29 is 14.3 Å². The van der Waals surface area contributed by atoms with Gasteiger partial charge in [0.15, 0.2) is 12.4 Å². The average molecular weight is 311 g/mol. The summed E-state index contributed by atoms with van der Waals surface area (Å²) in [5, 5.41) is 2.82. The van der Waals surface area contributed by atoms with Crippen molar-refractivity contribution in [1.82, 2.24) is 0 Å². The lowest BCUT2D eigenvalue weighted by atomic mass is 10.0. The Morgan fingerprint density at radius 2 is 1.78 bits per heavy atom. The van der Waals surface area contributed by atoms with Crippen LogP contribution in [-0.2, 0) is 4.79 Å². The predicted molar refractivity (Wildman–Crippen MR) is 91.1 cm³/mol. The highest BCUT2D eigenvalue weighted by atomic mass is 16.5. The summed E-state index contributed by atoms with van der Waals surface area (Å²) >= 11 is 0. The molecule has 0 fully saturated rings. The summed E-state index contributed by atoms with van der Waals surface area (Å²) in [6.45, 7) is 5.64. The maximum atomic E-state index is 12.0. The summed E-state index contributed by atoms with van der Waals surface area (Å²) in [7, 11) is 0. The highest BCUT2D eigenvalue weighted by Crippen LogP contribution is 2.18. The van der Waals surface area contributed by atoms with Gasteiger partial charge in [-0.2, -0.15) is 0 Å². The van der Waals surface area contributed by atoms with Crippen LogP contribution in [0.4, 0.5) is 5.69 Å². The van der Waals surface area contributed by atoms with Crippen LogP contribution in [0.5, 0.6) is 5.75 Å². The fourth-order valence-corrected chi connectivity index (χ4v) is 2.11. The van der Waals surface area contributed by atoms with Crippen LogP contribution in [-0.4, -0.2) is 18.3 Å². The number of hydrogen-bond donors (Lipinski definition) is 1. The molecule has 0 aromatic heterocycles. The third kappa shape index (κ3) is 4.95. The van der Waals surface area contributed by atoms with Gasteiger partial charge in [0, 0.05) is 11.3 Å². The SMILES string of the molecule is CC(=O)c1ccc(OCC(=O)Nc2cccc(C(C)C)c2)cc1. The molecule has 120 valence electrons. The molecule has 4 nitrogen and oxygen atoms in total. The number of nitrogens with one attached hydrogen (secondary N) is 1. The van der Waals surface area contributed by atoms with Gasteiger partial charge < -0.3 is 10.1 Å². The number of anilines is 1. The molecule has 2 aromatic rings. The first-order valence-corrected chi connectivity index (χ1v) is 7.59. The molecule has 0 atom stereocenters. The van der Waals surface area contributed by atoms with Crippen molar-refractivity contribution in [3.8, 4) is 5.75 Å². The molecular weight excluding hydrogens is 290 g/mol. The van der Waals surface area contributed by atoms with E-state index in [0.717, 1.165) is 5.69 Å². The van der Waals surface area contributed by atoms with Crippen LogP contribution in [0.1, 0.15) is 42.6 Å². The number of ketones is 1. The Kier molecular flexibility index (Phi) is 5.52. The maximum Gasteiger partial charge on any atom is 0.262 e. The molecular formula is C19H21NO3. The second-order valence-electron chi connectivity index (χ2n) is 5.70. The predicted octanol–water partition coefficient (Wildman–Crippen LogP) is 4.03. The summed E-state index contributed by atoms with van der Waals surface area (Å²) in [6, 6.07) is 14.5. The van der Waals surface area contributed by atoms with E-state index in [4.69, 9.17) is 4.74 Å². The second-order valence-corrected chi connectivity index (χ2v) is 5.70. The van der Waals surface area contributed by atoms with Crippen LogP contribution in [0, 0.1) is 0 Å². The number of carbonyl (C=O) groups is 2. The second kappa shape index (κ2) is 7.58. The van der Waals surface area contributed by atoms with E-state index in [1.807, 2.05) is 24.3 Å². The molecule has 0 heterocycles. The van der Waals surface area contributed by atoms with Gasteiger partial charge in [0.1, 0.15) is 5.75 Å². The lowest BCUT2D eigenvalue weighted by molar-refractivity contribution is -0.118. The minimum absolute atomic E-state index is 0.000623. The first kappa shape index (κ1) is 16.7. The standard InChI is InChI=1S/C19H21NO3/c1-13(2)16-5-4-6-17(11-16)20-19(22)12-23-18-9-7-15(8-10-18)14(3)21/h4-11,13H,12H2,1-3H3,(H,20,22). The molecule has 0 bridgehead atoms. The normalized spacial score (nSPS) is 10.4. The molecule has 0 spiro atoms. The highest BCUT2D eigenvalue weighted by Gasteiger charge is 2.06. The van der Waals surface area contributed by atoms with Crippen LogP contribution < -0.4 is 10.1 Å². The summed E-state index contributed by atoms with van der Waals surface area (Å²) in [5.74, 6) is 0.741.